The van der Waals surface area contributed by atoms with Gasteiger partial charge in [-0.1, -0.05) is 18.2 Å². The van der Waals surface area contributed by atoms with Crippen molar-refractivity contribution in [1.29, 1.82) is 0 Å². The van der Waals surface area contributed by atoms with Crippen molar-refractivity contribution in [2.45, 2.75) is 38.8 Å². The SMILES string of the molecule is CCNC(=NCC(c1ccccc1OC)N(C)C)N1CCC(OCC)CC1.I. The molecule has 160 valence electrons. The van der Waals surface area contributed by atoms with Gasteiger partial charge in [0, 0.05) is 31.8 Å². The molecule has 1 atom stereocenters. The van der Waals surface area contributed by atoms with Gasteiger partial charge in [-0.15, -0.1) is 24.0 Å². The molecule has 7 heteroatoms. The predicted octanol–water partition coefficient (Wildman–Crippen LogP) is 3.38. The summed E-state index contributed by atoms with van der Waals surface area (Å²) >= 11 is 0. The van der Waals surface area contributed by atoms with Gasteiger partial charge >= 0.3 is 0 Å². The van der Waals surface area contributed by atoms with Crippen molar-refractivity contribution in [2.24, 2.45) is 4.99 Å². The van der Waals surface area contributed by atoms with Crippen molar-refractivity contribution >= 4 is 29.9 Å². The summed E-state index contributed by atoms with van der Waals surface area (Å²) in [5, 5.41) is 3.46. The Labute approximate surface area is 187 Å². The van der Waals surface area contributed by atoms with Gasteiger partial charge in [-0.05, 0) is 46.9 Å². The van der Waals surface area contributed by atoms with Crippen molar-refractivity contribution in [3.63, 3.8) is 0 Å². The number of methoxy groups -OCH3 is 1. The van der Waals surface area contributed by atoms with Gasteiger partial charge in [-0.25, -0.2) is 0 Å². The third-order valence-electron chi connectivity index (χ3n) is 5.01. The summed E-state index contributed by atoms with van der Waals surface area (Å²) in [7, 11) is 5.90. The molecule has 0 aliphatic carbocycles. The molecule has 1 heterocycles. The third kappa shape index (κ3) is 7.08. The van der Waals surface area contributed by atoms with Crippen molar-refractivity contribution in [1.82, 2.24) is 15.1 Å². The van der Waals surface area contributed by atoms with Crippen molar-refractivity contribution in [2.75, 3.05) is 54.0 Å². The molecule has 1 saturated heterocycles. The molecule has 2 rings (SSSR count). The van der Waals surface area contributed by atoms with Crippen LogP contribution in [0.4, 0.5) is 0 Å². The molecule has 1 aromatic carbocycles. The fourth-order valence-electron chi connectivity index (χ4n) is 3.55. The zero-order chi connectivity index (χ0) is 19.6. The largest absolute Gasteiger partial charge is 0.496 e. The van der Waals surface area contributed by atoms with Crippen LogP contribution in [0.2, 0.25) is 0 Å². The highest BCUT2D eigenvalue weighted by Gasteiger charge is 2.23. The Kier molecular flexibility index (Phi) is 11.8. The van der Waals surface area contributed by atoms with E-state index in [4.69, 9.17) is 14.5 Å². The van der Waals surface area contributed by atoms with Crippen LogP contribution >= 0.6 is 24.0 Å². The molecule has 1 unspecified atom stereocenters. The quantitative estimate of drug-likeness (QED) is 0.334. The number of benzene rings is 1. The predicted molar refractivity (Wildman–Crippen MR) is 127 cm³/mol. The summed E-state index contributed by atoms with van der Waals surface area (Å²) in [5.74, 6) is 1.91. The van der Waals surface area contributed by atoms with E-state index in [1.165, 1.54) is 5.56 Å². The Balaban J connectivity index is 0.00000392. The lowest BCUT2D eigenvalue weighted by Crippen LogP contribution is -2.47. The van der Waals surface area contributed by atoms with E-state index >= 15 is 0 Å². The number of nitrogens with zero attached hydrogens (tertiary/aromatic N) is 3. The lowest BCUT2D eigenvalue weighted by Gasteiger charge is -2.34. The summed E-state index contributed by atoms with van der Waals surface area (Å²) in [4.78, 5) is 9.53. The first-order valence-corrected chi connectivity index (χ1v) is 10.0. The molecule has 0 saturated carbocycles. The minimum Gasteiger partial charge on any atom is -0.496 e. The lowest BCUT2D eigenvalue weighted by atomic mass is 10.0. The Hall–Kier alpha value is -1.06. The van der Waals surface area contributed by atoms with Gasteiger partial charge in [-0.2, -0.15) is 0 Å². The van der Waals surface area contributed by atoms with Crippen LogP contribution in [0, 0.1) is 0 Å². The summed E-state index contributed by atoms with van der Waals surface area (Å²) in [6.45, 7) is 8.49. The van der Waals surface area contributed by atoms with Crippen LogP contribution in [0.5, 0.6) is 5.75 Å². The highest BCUT2D eigenvalue weighted by atomic mass is 127. The molecular weight excluding hydrogens is 467 g/mol. The molecule has 1 N–H and O–H groups in total. The molecule has 0 aromatic heterocycles. The second-order valence-corrected chi connectivity index (χ2v) is 7.06. The summed E-state index contributed by atoms with van der Waals surface area (Å²) in [6.07, 6.45) is 2.50. The normalized spacial score (nSPS) is 16.6. The fraction of sp³-hybridized carbons (Fsp3) is 0.667. The first-order chi connectivity index (χ1) is 13.1. The van der Waals surface area contributed by atoms with Crippen LogP contribution in [0.3, 0.4) is 0 Å². The molecule has 0 amide bonds. The molecule has 0 spiro atoms. The second kappa shape index (κ2) is 13.2. The van der Waals surface area contributed by atoms with Gasteiger partial charge in [0.25, 0.3) is 0 Å². The molecule has 0 bridgehead atoms. The fourth-order valence-corrected chi connectivity index (χ4v) is 3.55. The summed E-state index contributed by atoms with van der Waals surface area (Å²) < 4.78 is 11.3. The second-order valence-electron chi connectivity index (χ2n) is 7.06. The van der Waals surface area contributed by atoms with E-state index in [0.29, 0.717) is 12.6 Å². The molecular formula is C21H37IN4O2. The van der Waals surface area contributed by atoms with Crippen LogP contribution < -0.4 is 10.1 Å². The van der Waals surface area contributed by atoms with Crippen LogP contribution in [-0.2, 0) is 4.74 Å². The molecule has 1 fully saturated rings. The number of likely N-dealkylation sites (N-methyl/N-ethyl adjacent to an activating group) is 1. The molecule has 1 aromatic rings. The number of hydrogen-bond donors (Lipinski definition) is 1. The van der Waals surface area contributed by atoms with E-state index in [1.54, 1.807) is 7.11 Å². The summed E-state index contributed by atoms with van der Waals surface area (Å²) in [5.41, 5.74) is 1.17. The molecule has 28 heavy (non-hydrogen) atoms. The smallest absolute Gasteiger partial charge is 0.193 e. The van der Waals surface area contributed by atoms with Gasteiger partial charge in [-0.3, -0.25) is 4.99 Å². The van der Waals surface area contributed by atoms with Crippen LogP contribution in [0.15, 0.2) is 29.3 Å². The van der Waals surface area contributed by atoms with E-state index in [9.17, 15) is 0 Å². The van der Waals surface area contributed by atoms with Crippen LogP contribution in [-0.4, -0.2) is 75.9 Å². The summed E-state index contributed by atoms with van der Waals surface area (Å²) in [6, 6.07) is 8.36. The van der Waals surface area contributed by atoms with Crippen LogP contribution in [0.1, 0.15) is 38.3 Å². The van der Waals surface area contributed by atoms with Gasteiger partial charge in [0.15, 0.2) is 5.96 Å². The maximum Gasteiger partial charge on any atom is 0.193 e. The van der Waals surface area contributed by atoms with Gasteiger partial charge in [0.1, 0.15) is 5.75 Å². The molecule has 1 aliphatic heterocycles. The zero-order valence-electron chi connectivity index (χ0n) is 18.0. The highest BCUT2D eigenvalue weighted by molar-refractivity contribution is 14.0. The van der Waals surface area contributed by atoms with E-state index in [0.717, 1.165) is 50.8 Å². The van der Waals surface area contributed by atoms with Gasteiger partial charge < -0.3 is 24.6 Å². The number of piperidine rings is 1. The first kappa shape index (κ1) is 25.0. The van der Waals surface area contributed by atoms with E-state index < -0.39 is 0 Å². The Morgan fingerprint density at radius 2 is 1.93 bits per heavy atom. The molecule has 0 radical (unpaired) electrons. The maximum absolute atomic E-state index is 5.78. The monoisotopic (exact) mass is 504 g/mol. The zero-order valence-corrected chi connectivity index (χ0v) is 20.3. The van der Waals surface area contributed by atoms with Crippen molar-refractivity contribution in [3.05, 3.63) is 29.8 Å². The number of halogens is 1. The van der Waals surface area contributed by atoms with Crippen molar-refractivity contribution in [3.8, 4) is 5.75 Å². The highest BCUT2D eigenvalue weighted by Crippen LogP contribution is 2.28. The Bertz CT molecular complexity index is 590. The number of aliphatic imine (C=N–C) groups is 1. The maximum atomic E-state index is 5.78. The Morgan fingerprint density at radius 3 is 2.50 bits per heavy atom. The number of rotatable bonds is 8. The van der Waals surface area contributed by atoms with Crippen LogP contribution in [0.25, 0.3) is 0 Å². The first-order valence-electron chi connectivity index (χ1n) is 10.0. The van der Waals surface area contributed by atoms with E-state index in [2.05, 4.69) is 55.2 Å². The van der Waals surface area contributed by atoms with Crippen molar-refractivity contribution < 1.29 is 9.47 Å². The average molecular weight is 504 g/mol. The van der Waals surface area contributed by atoms with E-state index in [1.807, 2.05) is 12.1 Å². The topological polar surface area (TPSA) is 49.3 Å². The van der Waals surface area contributed by atoms with E-state index in [-0.39, 0.29) is 30.0 Å². The minimum absolute atomic E-state index is 0. The number of ether oxygens (including phenoxy) is 2. The minimum atomic E-state index is 0. The average Bonchev–Trinajstić information content (AvgIpc) is 2.68. The number of hydrogen-bond acceptors (Lipinski definition) is 4. The number of nitrogens with one attached hydrogen (secondary N) is 1. The molecule has 6 nitrogen and oxygen atoms in total. The third-order valence-corrected chi connectivity index (χ3v) is 5.01. The number of guanidine groups is 1. The number of para-hydroxylation sites is 1. The number of likely N-dealkylation sites (tertiary alicyclic amines) is 1. The molecule has 1 aliphatic rings. The standard InChI is InChI=1S/C21H36N4O2.HI/c1-6-22-21(25-14-12-17(13-15-25)27-7-2)23-16-19(24(3)4)18-10-8-9-11-20(18)26-5;/h8-11,17,19H,6-7,12-16H2,1-5H3,(H,22,23);1H. The Morgan fingerprint density at radius 1 is 1.25 bits per heavy atom. The lowest BCUT2D eigenvalue weighted by molar-refractivity contribution is 0.0263. The van der Waals surface area contributed by atoms with Gasteiger partial charge in [0.05, 0.1) is 25.8 Å². The van der Waals surface area contributed by atoms with Gasteiger partial charge in [0.2, 0.25) is 0 Å².